The van der Waals surface area contributed by atoms with Gasteiger partial charge in [-0.05, 0) is 43.9 Å². The van der Waals surface area contributed by atoms with E-state index < -0.39 is 10.0 Å². The number of aryl methyl sites for hydroxylation is 1. The van der Waals surface area contributed by atoms with Crippen LogP contribution in [-0.4, -0.2) is 53.6 Å². The van der Waals surface area contributed by atoms with E-state index in [-0.39, 0.29) is 0 Å². The van der Waals surface area contributed by atoms with Crippen LogP contribution in [-0.2, 0) is 29.5 Å². The van der Waals surface area contributed by atoms with Crippen molar-refractivity contribution in [3.8, 4) is 0 Å². The van der Waals surface area contributed by atoms with Crippen LogP contribution in [0.5, 0.6) is 0 Å². The normalized spacial score (nSPS) is 16.8. The van der Waals surface area contributed by atoms with Crippen LogP contribution < -0.4 is 0 Å². The van der Waals surface area contributed by atoms with E-state index in [0.717, 1.165) is 32.6 Å². The Bertz CT molecular complexity index is 880. The molecule has 0 aliphatic carbocycles. The number of piperazine rings is 1. The molecule has 6 nitrogen and oxygen atoms in total. The molecule has 0 bridgehead atoms. The average molecular weight is 405 g/mol. The minimum atomic E-state index is -3.42. The SMILES string of the molecule is CCn1ncc(CN2CCN(S(=O)(=O)c3ccc(CC(C)C)cc3)CC2)c1C. The van der Waals surface area contributed by atoms with Crippen molar-refractivity contribution in [1.29, 1.82) is 0 Å². The molecule has 0 radical (unpaired) electrons. The van der Waals surface area contributed by atoms with Crippen LogP contribution >= 0.6 is 0 Å². The van der Waals surface area contributed by atoms with Gasteiger partial charge in [0.05, 0.1) is 11.1 Å². The Balaban J connectivity index is 1.61. The van der Waals surface area contributed by atoms with Crippen LogP contribution in [0.1, 0.15) is 37.6 Å². The zero-order valence-electron chi connectivity index (χ0n) is 17.4. The lowest BCUT2D eigenvalue weighted by atomic mass is 10.0. The summed E-state index contributed by atoms with van der Waals surface area (Å²) in [5, 5.41) is 4.40. The molecule has 1 saturated heterocycles. The number of rotatable bonds is 7. The van der Waals surface area contributed by atoms with Crippen LogP contribution in [0.2, 0.25) is 0 Å². The van der Waals surface area contributed by atoms with Gasteiger partial charge in [0, 0.05) is 50.5 Å². The lowest BCUT2D eigenvalue weighted by molar-refractivity contribution is 0.181. The Hall–Kier alpha value is -1.70. The first-order valence-electron chi connectivity index (χ1n) is 10.1. The van der Waals surface area contributed by atoms with E-state index >= 15 is 0 Å². The second-order valence-electron chi connectivity index (χ2n) is 7.99. The summed E-state index contributed by atoms with van der Waals surface area (Å²) >= 11 is 0. The van der Waals surface area contributed by atoms with E-state index in [1.54, 1.807) is 16.4 Å². The van der Waals surface area contributed by atoms with Gasteiger partial charge >= 0.3 is 0 Å². The van der Waals surface area contributed by atoms with Crippen LogP contribution in [0.4, 0.5) is 0 Å². The van der Waals surface area contributed by atoms with Gasteiger partial charge in [0.15, 0.2) is 0 Å². The Morgan fingerprint density at radius 2 is 1.71 bits per heavy atom. The summed E-state index contributed by atoms with van der Waals surface area (Å²) in [6, 6.07) is 7.39. The van der Waals surface area contributed by atoms with Crippen molar-refractivity contribution >= 4 is 10.0 Å². The van der Waals surface area contributed by atoms with Crippen molar-refractivity contribution in [3.63, 3.8) is 0 Å². The molecule has 2 heterocycles. The van der Waals surface area contributed by atoms with Crippen LogP contribution in [0.15, 0.2) is 35.4 Å². The Kier molecular flexibility index (Phi) is 6.58. The summed E-state index contributed by atoms with van der Waals surface area (Å²) < 4.78 is 29.6. The quantitative estimate of drug-likeness (QED) is 0.712. The van der Waals surface area contributed by atoms with Crippen molar-refractivity contribution < 1.29 is 8.42 Å². The molecule has 7 heteroatoms. The molecule has 2 aromatic rings. The highest BCUT2D eigenvalue weighted by atomic mass is 32.2. The summed E-state index contributed by atoms with van der Waals surface area (Å²) in [5.74, 6) is 0.559. The second kappa shape index (κ2) is 8.76. The molecule has 1 fully saturated rings. The molecule has 1 aromatic carbocycles. The van der Waals surface area contributed by atoms with E-state index in [9.17, 15) is 8.42 Å². The number of hydrogen-bond donors (Lipinski definition) is 0. The maximum Gasteiger partial charge on any atom is 0.243 e. The van der Waals surface area contributed by atoms with Crippen molar-refractivity contribution in [3.05, 3.63) is 47.3 Å². The minimum Gasteiger partial charge on any atom is -0.296 e. The lowest BCUT2D eigenvalue weighted by Crippen LogP contribution is -2.48. The fraction of sp³-hybridized carbons (Fsp3) is 0.571. The molecule has 154 valence electrons. The molecular weight excluding hydrogens is 372 g/mol. The maximum absolute atomic E-state index is 13.0. The molecule has 1 aliphatic heterocycles. The van der Waals surface area contributed by atoms with E-state index in [2.05, 4.69) is 37.7 Å². The first kappa shape index (κ1) is 21.0. The van der Waals surface area contributed by atoms with Gasteiger partial charge in [-0.2, -0.15) is 9.40 Å². The molecule has 1 aliphatic rings. The molecule has 1 aromatic heterocycles. The van der Waals surface area contributed by atoms with Crippen LogP contribution in [0.25, 0.3) is 0 Å². The predicted octanol–water partition coefficient (Wildman–Crippen LogP) is 2.92. The number of benzene rings is 1. The van der Waals surface area contributed by atoms with Crippen molar-refractivity contribution in [2.24, 2.45) is 5.92 Å². The predicted molar refractivity (Wildman–Crippen MR) is 112 cm³/mol. The highest BCUT2D eigenvalue weighted by Gasteiger charge is 2.28. The van der Waals surface area contributed by atoms with Gasteiger partial charge < -0.3 is 0 Å². The van der Waals surface area contributed by atoms with Crippen LogP contribution in [0, 0.1) is 12.8 Å². The summed E-state index contributed by atoms with van der Waals surface area (Å²) in [5.41, 5.74) is 3.60. The largest absolute Gasteiger partial charge is 0.296 e. The highest BCUT2D eigenvalue weighted by molar-refractivity contribution is 7.89. The number of aromatic nitrogens is 2. The summed E-state index contributed by atoms with van der Waals surface area (Å²) in [4.78, 5) is 2.70. The Morgan fingerprint density at radius 3 is 2.25 bits per heavy atom. The van der Waals surface area contributed by atoms with Crippen LogP contribution in [0.3, 0.4) is 0 Å². The third-order valence-electron chi connectivity index (χ3n) is 5.43. The molecule has 0 unspecified atom stereocenters. The molecular formula is C21H32N4O2S. The zero-order chi connectivity index (χ0) is 20.3. The van der Waals surface area contributed by atoms with Gasteiger partial charge in [-0.25, -0.2) is 8.42 Å². The summed E-state index contributed by atoms with van der Waals surface area (Å²) in [6.07, 6.45) is 2.90. The Morgan fingerprint density at radius 1 is 1.07 bits per heavy atom. The molecule has 0 N–H and O–H groups in total. The molecule has 3 rings (SSSR count). The second-order valence-corrected chi connectivity index (χ2v) is 9.93. The van der Waals surface area contributed by atoms with E-state index in [0.29, 0.717) is 23.9 Å². The van der Waals surface area contributed by atoms with Gasteiger partial charge in [0.25, 0.3) is 0 Å². The number of sulfonamides is 1. The van der Waals surface area contributed by atoms with E-state index in [1.165, 1.54) is 16.8 Å². The third-order valence-corrected chi connectivity index (χ3v) is 7.35. The van der Waals surface area contributed by atoms with Crippen molar-refractivity contribution in [1.82, 2.24) is 19.0 Å². The van der Waals surface area contributed by atoms with Gasteiger partial charge in [-0.1, -0.05) is 26.0 Å². The smallest absolute Gasteiger partial charge is 0.243 e. The van der Waals surface area contributed by atoms with E-state index in [4.69, 9.17) is 0 Å². The van der Waals surface area contributed by atoms with Gasteiger partial charge in [0.1, 0.15) is 0 Å². The topological polar surface area (TPSA) is 58.4 Å². The summed E-state index contributed by atoms with van der Waals surface area (Å²) in [7, 11) is -3.42. The first-order valence-corrected chi connectivity index (χ1v) is 11.6. The molecule has 0 amide bonds. The Labute approximate surface area is 169 Å². The number of nitrogens with zero attached hydrogens (tertiary/aromatic N) is 4. The molecule has 0 spiro atoms. The van der Waals surface area contributed by atoms with E-state index in [1.807, 2.05) is 23.0 Å². The molecule has 28 heavy (non-hydrogen) atoms. The lowest BCUT2D eigenvalue weighted by Gasteiger charge is -2.33. The van der Waals surface area contributed by atoms with Gasteiger partial charge in [-0.3, -0.25) is 9.58 Å². The minimum absolute atomic E-state index is 0.397. The molecule has 0 saturated carbocycles. The fourth-order valence-electron chi connectivity index (χ4n) is 3.75. The number of hydrogen-bond acceptors (Lipinski definition) is 4. The maximum atomic E-state index is 13.0. The monoisotopic (exact) mass is 404 g/mol. The fourth-order valence-corrected chi connectivity index (χ4v) is 5.17. The highest BCUT2D eigenvalue weighted by Crippen LogP contribution is 2.20. The molecule has 0 atom stereocenters. The average Bonchev–Trinajstić information content (AvgIpc) is 3.02. The van der Waals surface area contributed by atoms with Gasteiger partial charge in [-0.15, -0.1) is 0 Å². The van der Waals surface area contributed by atoms with Gasteiger partial charge in [0.2, 0.25) is 10.0 Å². The first-order chi connectivity index (χ1) is 13.3. The van der Waals surface area contributed by atoms with Crippen molar-refractivity contribution in [2.45, 2.75) is 52.1 Å². The zero-order valence-corrected chi connectivity index (χ0v) is 18.2. The third kappa shape index (κ3) is 4.64. The summed E-state index contributed by atoms with van der Waals surface area (Å²) in [6.45, 7) is 12.7. The standard InChI is InChI=1S/C21H32N4O2S/c1-5-25-18(4)20(15-22-25)16-23-10-12-24(13-11-23)28(26,27)21-8-6-19(7-9-21)14-17(2)3/h6-9,15,17H,5,10-14,16H2,1-4H3. The van der Waals surface area contributed by atoms with Crippen molar-refractivity contribution in [2.75, 3.05) is 26.2 Å².